The number of hydrogen-bond acceptors (Lipinski definition) is 17. The molecule has 8 aliphatic heterocycles. The summed E-state index contributed by atoms with van der Waals surface area (Å²) in [5.74, 6) is 1.25. The number of aliphatic hydroxyl groups excluding tert-OH is 1. The summed E-state index contributed by atoms with van der Waals surface area (Å²) >= 11 is 0. The summed E-state index contributed by atoms with van der Waals surface area (Å²) in [4.78, 5) is 97.2. The van der Waals surface area contributed by atoms with Gasteiger partial charge in [0.1, 0.15) is 12.1 Å². The Hall–Kier alpha value is -9.32. The van der Waals surface area contributed by atoms with E-state index in [1.807, 2.05) is 55.6 Å². The number of anilines is 8. The van der Waals surface area contributed by atoms with Crippen molar-refractivity contribution in [1.29, 1.82) is 0 Å². The lowest BCUT2D eigenvalue weighted by molar-refractivity contribution is -0.118. The van der Waals surface area contributed by atoms with Gasteiger partial charge in [0.25, 0.3) is 17.7 Å². The van der Waals surface area contributed by atoms with Gasteiger partial charge >= 0.3 is 5.97 Å². The second-order valence-corrected chi connectivity index (χ2v) is 30.6. The molecule has 2 atom stereocenters. The average molecular weight is 1440 g/mol. The molecule has 5 amide bonds. The number of pyridine rings is 2. The van der Waals surface area contributed by atoms with Gasteiger partial charge in [0.2, 0.25) is 11.8 Å². The largest absolute Gasteiger partial charge is 0.478 e. The molecule has 3 aliphatic carbocycles. The number of aromatic carboxylic acids is 1. The summed E-state index contributed by atoms with van der Waals surface area (Å²) in [7, 11) is 0. The molecule has 106 heavy (non-hydrogen) atoms. The lowest BCUT2D eigenvalue weighted by Gasteiger charge is -2.40. The van der Waals surface area contributed by atoms with Crippen LogP contribution in [0.3, 0.4) is 0 Å². The molecule has 6 aromatic rings. The molecule has 11 aliphatic rings. The Balaban J connectivity index is 0.000000122. The molecule has 4 aromatic carbocycles. The fourth-order valence-electron chi connectivity index (χ4n) is 15.8. The number of amides is 5. The molecule has 3 saturated carbocycles. The van der Waals surface area contributed by atoms with Gasteiger partial charge < -0.3 is 71.5 Å². The molecule has 564 valence electrons. The first-order valence-corrected chi connectivity index (χ1v) is 39.3. The van der Waals surface area contributed by atoms with Crippen LogP contribution in [0.2, 0.25) is 0 Å². The van der Waals surface area contributed by atoms with Crippen molar-refractivity contribution in [2.45, 2.75) is 187 Å². The molecular weight excluding hydrogens is 1340 g/mol. The summed E-state index contributed by atoms with van der Waals surface area (Å²) in [5.41, 5.74) is 15.7. The van der Waals surface area contributed by atoms with E-state index in [4.69, 9.17) is 15.2 Å². The molecule has 8 N–H and O–H groups in total. The normalized spacial score (nSPS) is 20.4. The second kappa shape index (κ2) is 34.9. The molecular formula is C83H109N15O8. The molecule has 9 fully saturated rings. The minimum atomic E-state index is -0.853. The molecule has 0 unspecified atom stereocenters. The van der Waals surface area contributed by atoms with Crippen molar-refractivity contribution in [3.63, 3.8) is 0 Å². The highest BCUT2D eigenvalue weighted by Crippen LogP contribution is 2.38. The molecule has 23 heteroatoms. The topological polar surface area (TPSA) is 264 Å². The maximum Gasteiger partial charge on any atom is 0.335 e. The number of rotatable bonds is 14. The third-order valence-electron chi connectivity index (χ3n) is 22.2. The number of nitrogens with zero attached hydrogens (tertiary/aromatic N) is 9. The molecule has 0 radical (unpaired) electrons. The number of aryl methyl sites for hydroxylation is 4. The first-order valence-electron chi connectivity index (χ1n) is 39.3. The molecule has 2 aromatic heterocycles. The number of carboxylic acid groups (broad SMARTS) is 1. The highest BCUT2D eigenvalue weighted by molar-refractivity contribution is 6.04. The number of nitrogens with one attached hydrogen (secondary N) is 6. The molecule has 6 saturated heterocycles. The Kier molecular flexibility index (Phi) is 24.7. The number of carbonyl (C=O) groups is 6. The van der Waals surface area contributed by atoms with Gasteiger partial charge in [-0.25, -0.2) is 14.8 Å². The zero-order valence-electron chi connectivity index (χ0n) is 62.5. The summed E-state index contributed by atoms with van der Waals surface area (Å²) in [6.45, 7) is 23.3. The van der Waals surface area contributed by atoms with Gasteiger partial charge in [-0.3, -0.25) is 28.9 Å². The van der Waals surface area contributed by atoms with Crippen molar-refractivity contribution in [3.05, 3.63) is 153 Å². The molecule has 0 bridgehead atoms. The number of carboxylic acids is 1. The van der Waals surface area contributed by atoms with Crippen molar-refractivity contribution in [2.75, 3.05) is 132 Å². The van der Waals surface area contributed by atoms with Crippen molar-refractivity contribution in [1.82, 2.24) is 36.1 Å². The number of aliphatic hydroxyl groups is 1. The lowest BCUT2D eigenvalue weighted by Crippen LogP contribution is -2.51. The van der Waals surface area contributed by atoms with Gasteiger partial charge in [-0.2, -0.15) is 0 Å². The fourth-order valence-corrected chi connectivity index (χ4v) is 15.8. The van der Waals surface area contributed by atoms with Crippen LogP contribution in [0.1, 0.15) is 190 Å². The van der Waals surface area contributed by atoms with E-state index in [1.165, 1.54) is 72.4 Å². The smallest absolute Gasteiger partial charge is 0.335 e. The number of piperazine rings is 2. The highest BCUT2D eigenvalue weighted by atomic mass is 16.4. The van der Waals surface area contributed by atoms with Crippen LogP contribution in [0.5, 0.6) is 0 Å². The predicted molar refractivity (Wildman–Crippen MR) is 419 cm³/mol. The fraction of sp³-hybridized carbons (Fsp3) is 0.518. The summed E-state index contributed by atoms with van der Waals surface area (Å²) < 4.78 is 0. The van der Waals surface area contributed by atoms with Crippen molar-refractivity contribution in [3.8, 4) is 0 Å². The van der Waals surface area contributed by atoms with E-state index in [0.29, 0.717) is 23.7 Å². The minimum absolute atomic E-state index is 0.0395. The van der Waals surface area contributed by atoms with Gasteiger partial charge in [-0.1, -0.05) is 0 Å². The molecule has 10 heterocycles. The number of carbonyl (C=O) groups excluding carboxylic acids is 5. The average Bonchev–Trinajstić information content (AvgIpc) is 1.63. The minimum Gasteiger partial charge on any atom is -0.478 e. The van der Waals surface area contributed by atoms with Gasteiger partial charge in [0, 0.05) is 168 Å². The van der Waals surface area contributed by atoms with Crippen molar-refractivity contribution in [2.24, 2.45) is 0 Å². The van der Waals surface area contributed by atoms with Crippen LogP contribution in [-0.2, 0) is 22.7 Å². The van der Waals surface area contributed by atoms with Crippen LogP contribution in [-0.4, -0.2) is 182 Å². The van der Waals surface area contributed by atoms with E-state index in [9.17, 15) is 28.8 Å². The standard InChI is InChI=1S/C27H34N6O2.C16H22N2O.C15H21N3O.C13H17NO2.C12H15N3O2/c1-18-14-20(26(34)29-21-6-7-21)5-8-23(18)32-12-10-31(11-13-32)17-19-15-22-25(28-16-19)33-9-3-2-4-24(33)27(35)30-22;1-12-11-13(16(19)17-14-6-7-14)5-8-15(12)18-9-3-2-4-10-18;1-11-10-12(15(19)17-13-3-4-13)2-5-14(11)18-8-6-16-7-9-18;1-10-9-11(13(15)16)5-6-12(10)14-7-3-2-4-8-14;16-7-8-5-9-11(13-6-8)15-4-2-1-3-10(15)12(17)14-9/h5,8,14-16,21,24H,2-4,6-7,9-13,17H2,1H3,(H,29,34)(H,30,35);5,8,11,14H,2-4,6-7,9-10H2,1H3,(H,17,19);2,5,10,13,16H,3-4,6-9H2,1H3,(H,17,19);5-6,9H,2-4,7-8H2,1H3,(H,15,16);5-6,10,16H,1-4,7H2,(H,14,17)/t24-;;;;10-/m0...0/s1. The number of piperidine rings is 4. The monoisotopic (exact) mass is 1440 g/mol. The first kappa shape index (κ1) is 74.9. The van der Waals surface area contributed by atoms with Crippen LogP contribution in [0, 0.1) is 27.7 Å². The van der Waals surface area contributed by atoms with E-state index >= 15 is 0 Å². The van der Waals surface area contributed by atoms with E-state index in [0.717, 1.165) is 237 Å². The Morgan fingerprint density at radius 3 is 1.17 bits per heavy atom. The number of hydrogen-bond donors (Lipinski definition) is 8. The van der Waals surface area contributed by atoms with E-state index in [1.54, 1.807) is 24.4 Å². The van der Waals surface area contributed by atoms with Crippen molar-refractivity contribution < 1.29 is 39.0 Å². The Bertz CT molecular complexity index is 4020. The van der Waals surface area contributed by atoms with E-state index in [-0.39, 0.29) is 48.2 Å². The SMILES string of the molecule is Cc1cc(C(=O)NC2CC2)ccc1N1CCCCC1.Cc1cc(C(=O)NC2CC2)ccc1N1CCN(Cc2cnc3c(c2)NC(=O)[C@@H]2CCCCN32)CC1.Cc1cc(C(=O)NC2CC2)ccc1N1CCNCC1.Cc1cc(C(=O)O)ccc1N1CCCCC1.O=C1Nc2cc(CO)cnc2N2CCCC[C@@H]12. The van der Waals surface area contributed by atoms with Gasteiger partial charge in [-0.05, 0) is 262 Å². The third-order valence-corrected chi connectivity index (χ3v) is 22.2. The number of fused-ring (bicyclic) bond motifs is 6. The Morgan fingerprint density at radius 2 is 0.783 bits per heavy atom. The van der Waals surface area contributed by atoms with Gasteiger partial charge in [0.05, 0.1) is 23.5 Å². The van der Waals surface area contributed by atoms with Crippen LogP contribution < -0.4 is 61.3 Å². The zero-order valence-corrected chi connectivity index (χ0v) is 62.5. The van der Waals surface area contributed by atoms with Gasteiger partial charge in [-0.15, -0.1) is 0 Å². The van der Waals surface area contributed by atoms with Crippen LogP contribution in [0.15, 0.2) is 97.3 Å². The summed E-state index contributed by atoms with van der Waals surface area (Å²) in [6, 6.07) is 28.6. The Morgan fingerprint density at radius 1 is 0.425 bits per heavy atom. The lowest BCUT2D eigenvalue weighted by atomic mass is 9.99. The van der Waals surface area contributed by atoms with Crippen molar-refractivity contribution >= 4 is 81.3 Å². The number of aromatic nitrogens is 2. The van der Waals surface area contributed by atoms with Crippen LogP contribution in [0.4, 0.5) is 45.8 Å². The van der Waals surface area contributed by atoms with E-state index < -0.39 is 5.97 Å². The predicted octanol–water partition coefficient (Wildman–Crippen LogP) is 10.7. The van der Waals surface area contributed by atoms with Crippen LogP contribution >= 0.6 is 0 Å². The van der Waals surface area contributed by atoms with Gasteiger partial charge in [0.15, 0.2) is 11.6 Å². The quantitative estimate of drug-likeness (QED) is 0.0504. The number of benzene rings is 4. The molecule has 17 rings (SSSR count). The Labute approximate surface area is 624 Å². The summed E-state index contributed by atoms with van der Waals surface area (Å²) in [6.07, 6.45) is 24.3. The molecule has 0 spiro atoms. The highest BCUT2D eigenvalue weighted by Gasteiger charge is 2.38. The summed E-state index contributed by atoms with van der Waals surface area (Å²) in [5, 5.41) is 36.5. The van der Waals surface area contributed by atoms with E-state index in [2.05, 4.69) is 116 Å². The first-order chi connectivity index (χ1) is 51.5. The maximum atomic E-state index is 12.6. The zero-order chi connectivity index (χ0) is 73.8. The van der Waals surface area contributed by atoms with Crippen LogP contribution in [0.25, 0.3) is 0 Å². The molecule has 23 nitrogen and oxygen atoms in total. The third kappa shape index (κ3) is 19.3. The second-order valence-electron chi connectivity index (χ2n) is 30.6. The maximum absolute atomic E-state index is 12.6.